The van der Waals surface area contributed by atoms with Gasteiger partial charge in [-0.15, -0.1) is 0 Å². The Balaban J connectivity index is 1.87. The molecular weight excluding hydrogens is 228 g/mol. The molecule has 1 aliphatic carbocycles. The second-order valence-corrected chi connectivity index (χ2v) is 5.60. The summed E-state index contributed by atoms with van der Waals surface area (Å²) in [5.41, 5.74) is 0. The molecule has 2 aliphatic rings. The van der Waals surface area contributed by atoms with Gasteiger partial charge in [-0.05, 0) is 32.2 Å². The summed E-state index contributed by atoms with van der Waals surface area (Å²) in [7, 11) is 0. The summed E-state index contributed by atoms with van der Waals surface area (Å²) in [6, 6.07) is 0.738. The zero-order chi connectivity index (χ0) is 12.8. The van der Waals surface area contributed by atoms with Crippen LogP contribution in [0.1, 0.15) is 51.4 Å². The second kappa shape index (κ2) is 7.10. The van der Waals surface area contributed by atoms with Gasteiger partial charge in [-0.3, -0.25) is 4.79 Å². The number of aliphatic hydroxyl groups is 1. The molecule has 0 aromatic rings. The van der Waals surface area contributed by atoms with Gasteiger partial charge in [0.05, 0.1) is 6.61 Å². The van der Waals surface area contributed by atoms with E-state index < -0.39 is 0 Å². The monoisotopic (exact) mass is 254 g/mol. The number of carbonyl (C=O) groups is 1. The van der Waals surface area contributed by atoms with Crippen molar-refractivity contribution in [3.63, 3.8) is 0 Å². The predicted molar refractivity (Wildman–Crippen MR) is 71.3 cm³/mol. The number of amides is 1. The number of nitrogens with one attached hydrogen (secondary N) is 1. The normalized spacial score (nSPS) is 25.3. The predicted octanol–water partition coefficient (Wildman–Crippen LogP) is 1.28. The number of hydrogen-bond donors (Lipinski definition) is 2. The number of hydrogen-bond acceptors (Lipinski definition) is 3. The minimum Gasteiger partial charge on any atom is -0.395 e. The first-order chi connectivity index (χ1) is 8.81. The van der Waals surface area contributed by atoms with Crippen molar-refractivity contribution in [1.29, 1.82) is 0 Å². The minimum absolute atomic E-state index is 0.0837. The maximum absolute atomic E-state index is 12.4. The molecule has 18 heavy (non-hydrogen) atoms. The fraction of sp³-hybridized carbons (Fsp3) is 0.929. The molecule has 0 aromatic carbocycles. The molecule has 1 saturated heterocycles. The van der Waals surface area contributed by atoms with E-state index in [9.17, 15) is 4.79 Å². The van der Waals surface area contributed by atoms with Crippen LogP contribution in [-0.2, 0) is 4.79 Å². The van der Waals surface area contributed by atoms with Crippen molar-refractivity contribution in [2.75, 3.05) is 19.7 Å². The van der Waals surface area contributed by atoms with Crippen LogP contribution in [0.5, 0.6) is 0 Å². The van der Waals surface area contributed by atoms with Crippen LogP contribution in [0, 0.1) is 0 Å². The summed E-state index contributed by atoms with van der Waals surface area (Å²) in [4.78, 5) is 14.3. The van der Waals surface area contributed by atoms with Crippen molar-refractivity contribution in [2.45, 2.75) is 63.5 Å². The van der Waals surface area contributed by atoms with Crippen LogP contribution in [0.4, 0.5) is 0 Å². The lowest BCUT2D eigenvalue weighted by molar-refractivity contribution is -0.135. The van der Waals surface area contributed by atoms with Crippen LogP contribution >= 0.6 is 0 Å². The molecule has 104 valence electrons. The van der Waals surface area contributed by atoms with Gasteiger partial charge in [0, 0.05) is 25.0 Å². The number of nitrogens with zero attached hydrogens (tertiary/aromatic N) is 1. The molecular formula is C14H26N2O2. The molecule has 1 heterocycles. The second-order valence-electron chi connectivity index (χ2n) is 5.60. The van der Waals surface area contributed by atoms with Crippen molar-refractivity contribution in [1.82, 2.24) is 10.2 Å². The van der Waals surface area contributed by atoms with Gasteiger partial charge in [-0.2, -0.15) is 0 Å². The largest absolute Gasteiger partial charge is 0.395 e. The van der Waals surface area contributed by atoms with Gasteiger partial charge in [0.15, 0.2) is 0 Å². The van der Waals surface area contributed by atoms with Gasteiger partial charge in [-0.25, -0.2) is 0 Å². The summed E-state index contributed by atoms with van der Waals surface area (Å²) in [6.45, 7) is 1.64. The molecule has 4 heteroatoms. The van der Waals surface area contributed by atoms with E-state index in [1.165, 1.54) is 25.7 Å². The average molecular weight is 254 g/mol. The average Bonchev–Trinajstić information content (AvgIpc) is 2.89. The SMILES string of the molecule is O=C(CC1CCCN1)N(CCO)C1CCCCC1. The summed E-state index contributed by atoms with van der Waals surface area (Å²) >= 11 is 0. The third-order valence-electron chi connectivity index (χ3n) is 4.26. The first-order valence-electron chi connectivity index (χ1n) is 7.45. The molecule has 4 nitrogen and oxygen atoms in total. The summed E-state index contributed by atoms with van der Waals surface area (Å²) in [6.07, 6.45) is 8.87. The maximum atomic E-state index is 12.4. The first-order valence-corrected chi connectivity index (χ1v) is 7.45. The topological polar surface area (TPSA) is 52.6 Å². The third kappa shape index (κ3) is 3.69. The van der Waals surface area contributed by atoms with Gasteiger partial charge in [0.1, 0.15) is 0 Å². The Morgan fingerprint density at radius 3 is 2.56 bits per heavy atom. The van der Waals surface area contributed by atoms with E-state index in [-0.39, 0.29) is 12.5 Å². The van der Waals surface area contributed by atoms with Gasteiger partial charge in [-0.1, -0.05) is 19.3 Å². The van der Waals surface area contributed by atoms with Crippen LogP contribution in [0.3, 0.4) is 0 Å². The van der Waals surface area contributed by atoms with Gasteiger partial charge in [0.25, 0.3) is 0 Å². The lowest BCUT2D eigenvalue weighted by Crippen LogP contribution is -2.45. The number of rotatable bonds is 5. The fourth-order valence-corrected chi connectivity index (χ4v) is 3.27. The van der Waals surface area contributed by atoms with Crippen LogP contribution in [0.15, 0.2) is 0 Å². The molecule has 2 N–H and O–H groups in total. The lowest BCUT2D eigenvalue weighted by Gasteiger charge is -2.34. The highest BCUT2D eigenvalue weighted by atomic mass is 16.3. The molecule has 1 saturated carbocycles. The first kappa shape index (κ1) is 13.8. The molecule has 2 rings (SSSR count). The summed E-state index contributed by atoms with van der Waals surface area (Å²) in [5.74, 6) is 0.232. The van der Waals surface area contributed by atoms with E-state index >= 15 is 0 Å². The van der Waals surface area contributed by atoms with E-state index in [0.717, 1.165) is 25.8 Å². The standard InChI is InChI=1S/C14H26N2O2/c17-10-9-16(13-6-2-1-3-7-13)14(18)11-12-5-4-8-15-12/h12-13,15,17H,1-11H2. The van der Waals surface area contributed by atoms with E-state index in [2.05, 4.69) is 5.32 Å². The van der Waals surface area contributed by atoms with E-state index in [1.54, 1.807) is 0 Å². The zero-order valence-electron chi connectivity index (χ0n) is 11.2. The number of carbonyl (C=O) groups excluding carboxylic acids is 1. The number of aliphatic hydroxyl groups excluding tert-OH is 1. The minimum atomic E-state index is 0.0837. The Labute approximate surface area is 110 Å². The highest BCUT2D eigenvalue weighted by Crippen LogP contribution is 2.23. The molecule has 0 radical (unpaired) electrons. The van der Waals surface area contributed by atoms with Crippen molar-refractivity contribution < 1.29 is 9.90 Å². The summed E-state index contributed by atoms with van der Waals surface area (Å²) in [5, 5.41) is 12.5. The maximum Gasteiger partial charge on any atom is 0.224 e. The Hall–Kier alpha value is -0.610. The third-order valence-corrected chi connectivity index (χ3v) is 4.26. The van der Waals surface area contributed by atoms with Crippen molar-refractivity contribution in [3.8, 4) is 0 Å². The van der Waals surface area contributed by atoms with Gasteiger partial charge < -0.3 is 15.3 Å². The van der Waals surface area contributed by atoms with Crippen LogP contribution < -0.4 is 5.32 Å². The smallest absolute Gasteiger partial charge is 0.224 e. The fourth-order valence-electron chi connectivity index (χ4n) is 3.27. The van der Waals surface area contributed by atoms with Gasteiger partial charge >= 0.3 is 0 Å². The Kier molecular flexibility index (Phi) is 5.45. The van der Waals surface area contributed by atoms with Crippen molar-refractivity contribution >= 4 is 5.91 Å². The molecule has 2 fully saturated rings. The van der Waals surface area contributed by atoms with Crippen LogP contribution in [-0.4, -0.2) is 47.7 Å². The van der Waals surface area contributed by atoms with E-state index in [4.69, 9.17) is 5.11 Å². The molecule has 1 amide bonds. The molecule has 0 bridgehead atoms. The molecule has 0 aromatic heterocycles. The van der Waals surface area contributed by atoms with E-state index in [1.807, 2.05) is 4.90 Å². The lowest BCUT2D eigenvalue weighted by atomic mass is 9.93. The molecule has 1 atom stereocenters. The highest BCUT2D eigenvalue weighted by Gasteiger charge is 2.27. The molecule has 0 spiro atoms. The Morgan fingerprint density at radius 2 is 1.94 bits per heavy atom. The quantitative estimate of drug-likeness (QED) is 0.777. The van der Waals surface area contributed by atoms with Crippen molar-refractivity contribution in [2.24, 2.45) is 0 Å². The van der Waals surface area contributed by atoms with Crippen LogP contribution in [0.2, 0.25) is 0 Å². The van der Waals surface area contributed by atoms with Crippen LogP contribution in [0.25, 0.3) is 0 Å². The molecule has 1 aliphatic heterocycles. The van der Waals surface area contributed by atoms with Crippen molar-refractivity contribution in [3.05, 3.63) is 0 Å². The molecule has 1 unspecified atom stereocenters. The van der Waals surface area contributed by atoms with E-state index in [0.29, 0.717) is 25.0 Å². The zero-order valence-corrected chi connectivity index (χ0v) is 11.2. The highest BCUT2D eigenvalue weighted by molar-refractivity contribution is 5.77. The Morgan fingerprint density at radius 1 is 1.17 bits per heavy atom. The summed E-state index contributed by atoms with van der Waals surface area (Å²) < 4.78 is 0. The Bertz CT molecular complexity index is 259. The van der Waals surface area contributed by atoms with Gasteiger partial charge in [0.2, 0.25) is 5.91 Å².